The van der Waals surface area contributed by atoms with Crippen molar-refractivity contribution in [2.24, 2.45) is 0 Å². The second-order valence-electron chi connectivity index (χ2n) is 15.0. The predicted molar refractivity (Wildman–Crippen MR) is 246 cm³/mol. The van der Waals surface area contributed by atoms with Crippen LogP contribution >= 0.6 is 0 Å². The minimum absolute atomic E-state index is 0.866. The molecule has 4 heteroatoms. The van der Waals surface area contributed by atoms with Crippen LogP contribution < -0.4 is 0 Å². The summed E-state index contributed by atoms with van der Waals surface area (Å²) in [5, 5.41) is 9.52. The third-order valence-corrected chi connectivity index (χ3v) is 12.0. The lowest BCUT2D eigenvalue weighted by atomic mass is 9.97. The largest absolute Gasteiger partial charge is 0.456 e. The Balaban J connectivity index is 1.10. The molecule has 0 aliphatic heterocycles. The van der Waals surface area contributed by atoms with Crippen LogP contribution in [-0.4, -0.2) is 13.7 Å². The molecule has 12 rings (SSSR count). The number of nitrogens with zero attached hydrogens (tertiary/aromatic N) is 3. The molecule has 0 atom stereocenters. The first-order chi connectivity index (χ1) is 28.7. The number of hydrogen-bond donors (Lipinski definition) is 0. The fourth-order valence-corrected chi connectivity index (χ4v) is 9.62. The highest BCUT2D eigenvalue weighted by molar-refractivity contribution is 6.29. The zero-order chi connectivity index (χ0) is 38.5. The third-order valence-electron chi connectivity index (χ3n) is 12.0. The fourth-order valence-electron chi connectivity index (χ4n) is 9.62. The van der Waals surface area contributed by atoms with Crippen LogP contribution in [0.2, 0.25) is 0 Å². The number of furan rings is 1. The van der Waals surface area contributed by atoms with Gasteiger partial charge in [-0.15, -0.1) is 0 Å². The van der Waals surface area contributed by atoms with Crippen molar-refractivity contribution in [2.45, 2.75) is 0 Å². The van der Waals surface area contributed by atoms with Gasteiger partial charge in [-0.25, -0.2) is 0 Å². The van der Waals surface area contributed by atoms with Crippen molar-refractivity contribution >= 4 is 93.1 Å². The summed E-state index contributed by atoms with van der Waals surface area (Å²) in [5.74, 6) is 0. The molecule has 0 aliphatic rings. The minimum Gasteiger partial charge on any atom is -0.456 e. The average Bonchev–Trinajstić information content (AvgIpc) is 4.01. The van der Waals surface area contributed by atoms with Gasteiger partial charge in [0.25, 0.3) is 0 Å². The van der Waals surface area contributed by atoms with E-state index < -0.39 is 0 Å². The number of para-hydroxylation sites is 4. The van der Waals surface area contributed by atoms with Gasteiger partial charge in [0.1, 0.15) is 11.2 Å². The highest BCUT2D eigenvalue weighted by atomic mass is 16.3. The highest BCUT2D eigenvalue weighted by Gasteiger charge is 2.22. The number of allylic oxidation sites excluding steroid dienone is 4. The molecule has 0 fully saturated rings. The molecule has 4 aromatic heterocycles. The molecule has 0 unspecified atom stereocenters. The van der Waals surface area contributed by atoms with Gasteiger partial charge in [0.2, 0.25) is 0 Å². The van der Waals surface area contributed by atoms with E-state index in [-0.39, 0.29) is 0 Å². The first-order valence-corrected chi connectivity index (χ1v) is 19.7. The van der Waals surface area contributed by atoms with E-state index in [4.69, 9.17) is 4.42 Å². The Morgan fingerprint density at radius 3 is 1.86 bits per heavy atom. The Morgan fingerprint density at radius 2 is 1.07 bits per heavy atom. The Kier molecular flexibility index (Phi) is 6.90. The van der Waals surface area contributed by atoms with Gasteiger partial charge in [-0.3, -0.25) is 0 Å². The molecule has 0 spiro atoms. The molecule has 4 nitrogen and oxygen atoms in total. The molecule has 0 saturated heterocycles. The number of aromatic nitrogens is 3. The Morgan fingerprint density at radius 1 is 0.431 bits per heavy atom. The van der Waals surface area contributed by atoms with Gasteiger partial charge in [0.15, 0.2) is 0 Å². The van der Waals surface area contributed by atoms with Crippen LogP contribution in [-0.2, 0) is 0 Å². The van der Waals surface area contributed by atoms with Gasteiger partial charge >= 0.3 is 0 Å². The standard InChI is InChI=1S/C54H35N3O/c1-3-15-35(4-2)55-45-23-12-9-19-40(45)53-48(55)29-30-49-54(53)41-20-10-13-24-46(41)57(49)37-27-31-50-43(33-37)52-38(21-14-25-51(52)58-50)34-26-28-47-42(32-34)39-18-8-11-22-44(39)56(47)36-16-6-5-7-17-36/h3-33H,1-2H2/b35-15+. The zero-order valence-electron chi connectivity index (χ0n) is 31.6. The molecule has 4 heterocycles. The van der Waals surface area contributed by atoms with Crippen LogP contribution in [0.5, 0.6) is 0 Å². The predicted octanol–water partition coefficient (Wildman–Crippen LogP) is 14.8. The number of benzene rings is 8. The number of rotatable bonds is 6. The molecule has 272 valence electrons. The van der Waals surface area contributed by atoms with Crippen LogP contribution in [0.25, 0.3) is 116 Å². The first kappa shape index (κ1) is 32.4. The van der Waals surface area contributed by atoms with Crippen molar-refractivity contribution < 1.29 is 4.42 Å². The lowest BCUT2D eigenvalue weighted by Crippen LogP contribution is -1.95. The smallest absolute Gasteiger partial charge is 0.136 e. The topological polar surface area (TPSA) is 27.9 Å². The molecule has 0 N–H and O–H groups in total. The van der Waals surface area contributed by atoms with Gasteiger partial charge in [0.05, 0.1) is 33.1 Å². The van der Waals surface area contributed by atoms with Crippen LogP contribution in [0.1, 0.15) is 0 Å². The van der Waals surface area contributed by atoms with Crippen molar-refractivity contribution in [3.8, 4) is 22.5 Å². The molecule has 58 heavy (non-hydrogen) atoms. The summed E-state index contributed by atoms with van der Waals surface area (Å²) in [5.41, 5.74) is 14.2. The van der Waals surface area contributed by atoms with E-state index in [1.54, 1.807) is 0 Å². The monoisotopic (exact) mass is 741 g/mol. The molecular weight excluding hydrogens is 707 g/mol. The van der Waals surface area contributed by atoms with Crippen molar-refractivity contribution in [3.63, 3.8) is 0 Å². The normalized spacial score (nSPS) is 12.4. The summed E-state index contributed by atoms with van der Waals surface area (Å²) >= 11 is 0. The molecule has 0 aliphatic carbocycles. The lowest BCUT2D eigenvalue weighted by molar-refractivity contribution is 0.669. The maximum absolute atomic E-state index is 6.61. The molecule has 0 amide bonds. The zero-order valence-corrected chi connectivity index (χ0v) is 31.6. The maximum Gasteiger partial charge on any atom is 0.136 e. The SMILES string of the molecule is C=C/C=C(\C=C)n1c2ccccc2c2c3c4ccccc4n(-c4ccc5oc6cccc(-c7ccc8c(c7)c7ccccc7n8-c7ccccc7)c6c5c4)c3ccc21. The van der Waals surface area contributed by atoms with Crippen LogP contribution in [0.4, 0.5) is 0 Å². The van der Waals surface area contributed by atoms with E-state index in [1.165, 1.54) is 43.4 Å². The summed E-state index contributed by atoms with van der Waals surface area (Å²) in [6.07, 6.45) is 5.75. The second kappa shape index (κ2) is 12.3. The summed E-state index contributed by atoms with van der Waals surface area (Å²) in [4.78, 5) is 0. The third kappa shape index (κ3) is 4.45. The van der Waals surface area contributed by atoms with Gasteiger partial charge < -0.3 is 18.1 Å². The van der Waals surface area contributed by atoms with Gasteiger partial charge in [-0.05, 0) is 102 Å². The van der Waals surface area contributed by atoms with E-state index in [2.05, 4.69) is 197 Å². The van der Waals surface area contributed by atoms with Gasteiger partial charge in [-0.1, -0.05) is 110 Å². The minimum atomic E-state index is 0.866. The molecule has 0 saturated carbocycles. The summed E-state index contributed by atoms with van der Waals surface area (Å²) in [7, 11) is 0. The van der Waals surface area contributed by atoms with Crippen LogP contribution in [0, 0.1) is 0 Å². The van der Waals surface area contributed by atoms with E-state index in [9.17, 15) is 0 Å². The molecule has 0 radical (unpaired) electrons. The fraction of sp³-hybridized carbons (Fsp3) is 0. The Hall–Kier alpha value is -7.82. The molecule has 8 aromatic carbocycles. The van der Waals surface area contributed by atoms with Crippen molar-refractivity contribution in [3.05, 3.63) is 201 Å². The lowest BCUT2D eigenvalue weighted by Gasteiger charge is -2.10. The highest BCUT2D eigenvalue weighted by Crippen LogP contribution is 2.44. The summed E-state index contributed by atoms with van der Waals surface area (Å²) in [6, 6.07) is 61.2. The number of hydrogen-bond acceptors (Lipinski definition) is 1. The van der Waals surface area contributed by atoms with Gasteiger partial charge in [0, 0.05) is 60.2 Å². The molecule has 12 aromatic rings. The average molecular weight is 742 g/mol. The van der Waals surface area contributed by atoms with Crippen molar-refractivity contribution in [1.82, 2.24) is 13.7 Å². The van der Waals surface area contributed by atoms with Crippen molar-refractivity contribution in [2.75, 3.05) is 0 Å². The van der Waals surface area contributed by atoms with Crippen LogP contribution in [0.15, 0.2) is 206 Å². The van der Waals surface area contributed by atoms with E-state index in [0.29, 0.717) is 0 Å². The van der Waals surface area contributed by atoms with Gasteiger partial charge in [-0.2, -0.15) is 0 Å². The summed E-state index contributed by atoms with van der Waals surface area (Å²) < 4.78 is 13.7. The molecular formula is C54H35N3O. The quantitative estimate of drug-likeness (QED) is 0.156. The van der Waals surface area contributed by atoms with Crippen LogP contribution in [0.3, 0.4) is 0 Å². The summed E-state index contributed by atoms with van der Waals surface area (Å²) in [6.45, 7) is 8.15. The van der Waals surface area contributed by atoms with Crippen molar-refractivity contribution in [1.29, 1.82) is 0 Å². The first-order valence-electron chi connectivity index (χ1n) is 19.7. The van der Waals surface area contributed by atoms with E-state index >= 15 is 0 Å². The van der Waals surface area contributed by atoms with E-state index in [0.717, 1.165) is 72.2 Å². The molecule has 0 bridgehead atoms. The number of fused-ring (bicyclic) bond motifs is 13. The Labute approximate surface area is 333 Å². The Bertz CT molecular complexity index is 3720. The maximum atomic E-state index is 6.61. The second-order valence-corrected chi connectivity index (χ2v) is 15.0. The van der Waals surface area contributed by atoms with E-state index in [1.807, 2.05) is 18.2 Å².